The third kappa shape index (κ3) is 5.29. The molecule has 0 aromatic carbocycles. The van der Waals surface area contributed by atoms with Crippen LogP contribution in [0.15, 0.2) is 41.2 Å². The van der Waals surface area contributed by atoms with Crippen LogP contribution in [0.5, 0.6) is 0 Å². The van der Waals surface area contributed by atoms with Crippen LogP contribution in [0.25, 0.3) is 0 Å². The number of carboxylic acid groups (broad SMARTS) is 1. The number of hydrogen-bond donors (Lipinski definition) is 1. The molecule has 0 saturated carbocycles. The summed E-state index contributed by atoms with van der Waals surface area (Å²) in [6, 6.07) is 3.67. The average molecular weight is 168 g/mol. The first-order valence-corrected chi connectivity index (χ1v) is 3.56. The van der Waals surface area contributed by atoms with Crippen molar-refractivity contribution in [2.24, 2.45) is 0 Å². The first kappa shape index (κ1) is 10.5. The van der Waals surface area contributed by atoms with Crippen molar-refractivity contribution in [2.75, 3.05) is 0 Å². The Morgan fingerprint density at radius 2 is 2.00 bits per heavy atom. The lowest BCUT2D eigenvalue weighted by Gasteiger charge is -1.87. The van der Waals surface area contributed by atoms with Gasteiger partial charge in [0.05, 0.1) is 12.5 Å². The van der Waals surface area contributed by atoms with Gasteiger partial charge in [-0.1, -0.05) is 13.5 Å². The molecule has 0 saturated heterocycles. The summed E-state index contributed by atoms with van der Waals surface area (Å²) in [5.74, 6) is -0.900. The van der Waals surface area contributed by atoms with E-state index in [1.807, 2.05) is 12.1 Å². The molecule has 0 aliphatic rings. The van der Waals surface area contributed by atoms with Crippen LogP contribution in [0.2, 0.25) is 0 Å². The lowest BCUT2D eigenvalue weighted by Crippen LogP contribution is -1.95. The second kappa shape index (κ2) is 6.22. The van der Waals surface area contributed by atoms with E-state index >= 15 is 0 Å². The predicted octanol–water partition coefficient (Wildman–Crippen LogP) is 2.32. The van der Waals surface area contributed by atoms with E-state index in [9.17, 15) is 4.79 Å². The highest BCUT2D eigenvalue weighted by atomic mass is 16.4. The summed E-state index contributed by atoms with van der Waals surface area (Å²) in [7, 11) is 0. The van der Waals surface area contributed by atoms with Gasteiger partial charge in [0.1, 0.15) is 0 Å². The molecule has 3 nitrogen and oxygen atoms in total. The van der Waals surface area contributed by atoms with Crippen LogP contribution in [-0.4, -0.2) is 11.1 Å². The van der Waals surface area contributed by atoms with E-state index in [2.05, 4.69) is 11.0 Å². The van der Waals surface area contributed by atoms with Gasteiger partial charge in [-0.2, -0.15) is 0 Å². The largest absolute Gasteiger partial charge is 0.478 e. The van der Waals surface area contributed by atoms with Gasteiger partial charge in [0.25, 0.3) is 0 Å². The topological polar surface area (TPSA) is 50.4 Å². The molecular formula is C9H12O3. The highest BCUT2D eigenvalue weighted by Gasteiger charge is 1.96. The summed E-state index contributed by atoms with van der Waals surface area (Å²) in [5.41, 5.74) is 0.264. The molecule has 0 fully saturated rings. The molecular weight excluding hydrogens is 156 g/mol. The summed E-state index contributed by atoms with van der Waals surface area (Å²) < 4.78 is 4.58. The monoisotopic (exact) mass is 168 g/mol. The minimum atomic E-state index is -0.900. The number of aliphatic carboxylic acids is 1. The normalized spacial score (nSPS) is 8.08. The molecule has 12 heavy (non-hydrogen) atoms. The van der Waals surface area contributed by atoms with Gasteiger partial charge in [0.15, 0.2) is 0 Å². The number of carboxylic acids is 1. The van der Waals surface area contributed by atoms with Crippen molar-refractivity contribution in [1.29, 1.82) is 0 Å². The maximum absolute atomic E-state index is 9.83. The molecule has 1 rings (SSSR count). The zero-order chi connectivity index (χ0) is 9.40. The maximum atomic E-state index is 9.83. The van der Waals surface area contributed by atoms with Crippen molar-refractivity contribution in [2.45, 2.75) is 13.3 Å². The van der Waals surface area contributed by atoms with Crippen molar-refractivity contribution in [3.05, 3.63) is 36.8 Å². The second-order valence-corrected chi connectivity index (χ2v) is 2.06. The Kier molecular flexibility index (Phi) is 5.43. The molecule has 3 heteroatoms. The van der Waals surface area contributed by atoms with Crippen LogP contribution in [-0.2, 0) is 4.79 Å². The molecule has 1 aromatic heterocycles. The highest BCUT2D eigenvalue weighted by molar-refractivity contribution is 5.85. The minimum absolute atomic E-state index is 0.264. The zero-order valence-electron chi connectivity index (χ0n) is 6.99. The predicted molar refractivity (Wildman–Crippen MR) is 45.8 cm³/mol. The van der Waals surface area contributed by atoms with Gasteiger partial charge in [0, 0.05) is 5.57 Å². The zero-order valence-corrected chi connectivity index (χ0v) is 6.99. The Morgan fingerprint density at radius 1 is 1.50 bits per heavy atom. The number of carbonyl (C=O) groups is 1. The molecule has 66 valence electrons. The summed E-state index contributed by atoms with van der Waals surface area (Å²) in [6.45, 7) is 5.03. The van der Waals surface area contributed by atoms with Gasteiger partial charge in [0.2, 0.25) is 0 Å². The van der Waals surface area contributed by atoms with Crippen LogP contribution < -0.4 is 0 Å². The van der Waals surface area contributed by atoms with Crippen LogP contribution in [0, 0.1) is 0 Å². The van der Waals surface area contributed by atoms with E-state index in [-0.39, 0.29) is 5.57 Å². The summed E-state index contributed by atoms with van der Waals surface area (Å²) in [5, 5.41) is 8.08. The van der Waals surface area contributed by atoms with Crippen LogP contribution in [0.4, 0.5) is 0 Å². The Hall–Kier alpha value is -1.51. The van der Waals surface area contributed by atoms with E-state index in [1.54, 1.807) is 19.5 Å². The molecule has 0 aliphatic carbocycles. The number of hydrogen-bond acceptors (Lipinski definition) is 2. The molecule has 1 aromatic rings. The SMILES string of the molecule is C=C(CC)C(=O)O.c1ccoc1. The van der Waals surface area contributed by atoms with Gasteiger partial charge in [-0.3, -0.25) is 0 Å². The van der Waals surface area contributed by atoms with E-state index in [0.717, 1.165) is 0 Å². The third-order valence-corrected chi connectivity index (χ3v) is 1.15. The fourth-order valence-electron chi connectivity index (χ4n) is 0.378. The fraction of sp³-hybridized carbons (Fsp3) is 0.222. The fourth-order valence-corrected chi connectivity index (χ4v) is 0.378. The minimum Gasteiger partial charge on any atom is -0.478 e. The first-order valence-electron chi connectivity index (χ1n) is 3.56. The molecule has 1 heterocycles. The van der Waals surface area contributed by atoms with Crippen LogP contribution in [0.1, 0.15) is 13.3 Å². The van der Waals surface area contributed by atoms with E-state index in [1.165, 1.54) is 0 Å². The lowest BCUT2D eigenvalue weighted by atomic mass is 10.2. The maximum Gasteiger partial charge on any atom is 0.330 e. The van der Waals surface area contributed by atoms with Gasteiger partial charge in [-0.25, -0.2) is 4.79 Å². The quantitative estimate of drug-likeness (QED) is 0.689. The van der Waals surface area contributed by atoms with Crippen molar-refractivity contribution >= 4 is 5.97 Å². The Balaban J connectivity index is 0.000000211. The molecule has 0 aliphatic heterocycles. The molecule has 0 atom stereocenters. The number of furan rings is 1. The first-order chi connectivity index (χ1) is 5.68. The summed E-state index contributed by atoms with van der Waals surface area (Å²) >= 11 is 0. The van der Waals surface area contributed by atoms with Crippen molar-refractivity contribution in [1.82, 2.24) is 0 Å². The van der Waals surface area contributed by atoms with Crippen molar-refractivity contribution in [3.8, 4) is 0 Å². The second-order valence-electron chi connectivity index (χ2n) is 2.06. The van der Waals surface area contributed by atoms with Crippen LogP contribution >= 0.6 is 0 Å². The third-order valence-electron chi connectivity index (χ3n) is 1.15. The van der Waals surface area contributed by atoms with Crippen molar-refractivity contribution < 1.29 is 14.3 Å². The van der Waals surface area contributed by atoms with Gasteiger partial charge < -0.3 is 9.52 Å². The van der Waals surface area contributed by atoms with E-state index in [4.69, 9.17) is 5.11 Å². The van der Waals surface area contributed by atoms with E-state index < -0.39 is 5.97 Å². The van der Waals surface area contributed by atoms with Crippen molar-refractivity contribution in [3.63, 3.8) is 0 Å². The standard InChI is InChI=1S/C5H8O2.C4H4O/c1-3-4(2)5(6)7;1-2-4-5-3-1/h2-3H2,1H3,(H,6,7);1-4H. The summed E-state index contributed by atoms with van der Waals surface area (Å²) in [6.07, 6.45) is 3.77. The molecule has 0 amide bonds. The van der Waals surface area contributed by atoms with E-state index in [0.29, 0.717) is 6.42 Å². The smallest absolute Gasteiger partial charge is 0.330 e. The molecule has 0 spiro atoms. The van der Waals surface area contributed by atoms with Crippen LogP contribution in [0.3, 0.4) is 0 Å². The molecule has 0 radical (unpaired) electrons. The highest BCUT2D eigenvalue weighted by Crippen LogP contribution is 1.93. The number of rotatable bonds is 2. The lowest BCUT2D eigenvalue weighted by molar-refractivity contribution is -0.132. The molecule has 1 N–H and O–H groups in total. The summed E-state index contributed by atoms with van der Waals surface area (Å²) in [4.78, 5) is 9.83. The molecule has 0 unspecified atom stereocenters. The Morgan fingerprint density at radius 3 is 2.08 bits per heavy atom. The van der Waals surface area contributed by atoms with Gasteiger partial charge in [-0.15, -0.1) is 0 Å². The van der Waals surface area contributed by atoms with Gasteiger partial charge in [-0.05, 0) is 18.6 Å². The van der Waals surface area contributed by atoms with Gasteiger partial charge >= 0.3 is 5.97 Å². The Labute approximate surface area is 71.3 Å². The Bertz CT molecular complexity index is 207. The average Bonchev–Trinajstić information content (AvgIpc) is 2.59. The molecule has 0 bridgehead atoms.